The maximum absolute atomic E-state index is 11.8. The van der Waals surface area contributed by atoms with Crippen molar-refractivity contribution in [3.05, 3.63) is 81.9 Å². The van der Waals surface area contributed by atoms with Crippen molar-refractivity contribution >= 4 is 28.1 Å². The van der Waals surface area contributed by atoms with Crippen molar-refractivity contribution in [3.8, 4) is 11.3 Å². The van der Waals surface area contributed by atoms with Gasteiger partial charge in [0.05, 0.1) is 11.6 Å². The number of nitrogens with zero attached hydrogens (tertiary/aromatic N) is 1. The smallest absolute Gasteiger partial charge is 0.272 e. The minimum atomic E-state index is -0.255. The Bertz CT molecular complexity index is 1090. The van der Waals surface area contributed by atoms with Crippen molar-refractivity contribution in [3.63, 3.8) is 0 Å². The van der Waals surface area contributed by atoms with Crippen LogP contribution in [0, 0.1) is 0 Å². The van der Waals surface area contributed by atoms with E-state index in [1.165, 1.54) is 0 Å². The third-order valence-corrected chi connectivity index (χ3v) is 4.32. The lowest BCUT2D eigenvalue weighted by molar-refractivity contribution is 0.581. The normalized spacial score (nSPS) is 10.9. The summed E-state index contributed by atoms with van der Waals surface area (Å²) in [7, 11) is 0. The SMILES string of the molecule is O=c1[nH]nc(Cl)c2cc(NCc3ccccc3-c3ccco3)ccc12. The molecule has 124 valence electrons. The van der Waals surface area contributed by atoms with Gasteiger partial charge in [0.15, 0.2) is 5.15 Å². The van der Waals surface area contributed by atoms with E-state index in [0.29, 0.717) is 17.3 Å². The monoisotopic (exact) mass is 351 g/mol. The van der Waals surface area contributed by atoms with E-state index in [4.69, 9.17) is 16.0 Å². The quantitative estimate of drug-likeness (QED) is 0.570. The third kappa shape index (κ3) is 3.02. The second kappa shape index (κ2) is 6.45. The van der Waals surface area contributed by atoms with Gasteiger partial charge in [-0.25, -0.2) is 5.10 Å². The van der Waals surface area contributed by atoms with Crippen molar-refractivity contribution in [1.29, 1.82) is 0 Å². The van der Waals surface area contributed by atoms with Gasteiger partial charge in [0.2, 0.25) is 0 Å². The first-order valence-electron chi connectivity index (χ1n) is 7.76. The first kappa shape index (κ1) is 15.5. The van der Waals surface area contributed by atoms with Gasteiger partial charge in [0.25, 0.3) is 5.56 Å². The Morgan fingerprint density at radius 3 is 2.80 bits per heavy atom. The molecule has 0 saturated heterocycles. The van der Waals surface area contributed by atoms with Gasteiger partial charge in [-0.1, -0.05) is 35.9 Å². The molecule has 4 rings (SSSR count). The van der Waals surface area contributed by atoms with Crippen LogP contribution in [0.2, 0.25) is 5.15 Å². The molecule has 0 aliphatic carbocycles. The molecular weight excluding hydrogens is 338 g/mol. The van der Waals surface area contributed by atoms with Crippen LogP contribution in [0.5, 0.6) is 0 Å². The second-order valence-corrected chi connectivity index (χ2v) is 5.95. The molecule has 0 saturated carbocycles. The van der Waals surface area contributed by atoms with E-state index >= 15 is 0 Å². The van der Waals surface area contributed by atoms with Crippen LogP contribution in [-0.2, 0) is 6.54 Å². The molecule has 2 aromatic carbocycles. The molecule has 0 spiro atoms. The van der Waals surface area contributed by atoms with Crippen LogP contribution in [-0.4, -0.2) is 10.2 Å². The number of furan rings is 1. The Morgan fingerprint density at radius 1 is 1.08 bits per heavy atom. The molecule has 0 unspecified atom stereocenters. The number of fused-ring (bicyclic) bond motifs is 1. The highest BCUT2D eigenvalue weighted by molar-refractivity contribution is 6.34. The summed E-state index contributed by atoms with van der Waals surface area (Å²) in [5.41, 5.74) is 2.75. The molecule has 2 N–H and O–H groups in total. The van der Waals surface area contributed by atoms with Gasteiger partial charge in [0.1, 0.15) is 5.76 Å². The molecule has 0 radical (unpaired) electrons. The van der Waals surface area contributed by atoms with E-state index in [1.807, 2.05) is 48.5 Å². The molecular formula is C19H14ClN3O2. The lowest BCUT2D eigenvalue weighted by Crippen LogP contribution is -2.08. The van der Waals surface area contributed by atoms with Crippen LogP contribution in [0.15, 0.2) is 70.1 Å². The number of anilines is 1. The molecule has 2 heterocycles. The summed E-state index contributed by atoms with van der Waals surface area (Å²) in [6, 6.07) is 17.3. The van der Waals surface area contributed by atoms with Crippen molar-refractivity contribution in [2.45, 2.75) is 6.54 Å². The maximum Gasteiger partial charge on any atom is 0.272 e. The summed E-state index contributed by atoms with van der Waals surface area (Å²) in [5.74, 6) is 0.828. The highest BCUT2D eigenvalue weighted by Crippen LogP contribution is 2.26. The average Bonchev–Trinajstić information content (AvgIpc) is 3.18. The van der Waals surface area contributed by atoms with E-state index in [-0.39, 0.29) is 10.7 Å². The van der Waals surface area contributed by atoms with Gasteiger partial charge in [-0.05, 0) is 35.9 Å². The van der Waals surface area contributed by atoms with E-state index in [1.54, 1.807) is 12.3 Å². The molecule has 6 heteroatoms. The lowest BCUT2D eigenvalue weighted by atomic mass is 10.1. The summed E-state index contributed by atoms with van der Waals surface area (Å²) in [6.07, 6.45) is 1.66. The molecule has 4 aromatic rings. The number of hydrogen-bond acceptors (Lipinski definition) is 4. The van der Waals surface area contributed by atoms with E-state index in [9.17, 15) is 4.79 Å². The van der Waals surface area contributed by atoms with Crippen LogP contribution in [0.3, 0.4) is 0 Å². The van der Waals surface area contributed by atoms with Crippen molar-refractivity contribution in [1.82, 2.24) is 10.2 Å². The number of aromatic nitrogens is 2. The molecule has 5 nitrogen and oxygen atoms in total. The molecule has 25 heavy (non-hydrogen) atoms. The van der Waals surface area contributed by atoms with Gasteiger partial charge in [-0.15, -0.1) is 0 Å². The molecule has 0 fully saturated rings. The lowest BCUT2D eigenvalue weighted by Gasteiger charge is -2.11. The van der Waals surface area contributed by atoms with Gasteiger partial charge in [-0.2, -0.15) is 5.10 Å². The molecule has 0 amide bonds. The summed E-state index contributed by atoms with van der Waals surface area (Å²) in [4.78, 5) is 11.8. The molecule has 0 aliphatic rings. The summed E-state index contributed by atoms with van der Waals surface area (Å²) in [5, 5.41) is 10.9. The Hall–Kier alpha value is -3.05. The standard InChI is InChI=1S/C19H14ClN3O2/c20-18-16-10-13(7-8-15(16)19(24)23-22-18)21-11-12-4-1-2-5-14(12)17-6-3-9-25-17/h1-10,21H,11H2,(H,23,24). The van der Waals surface area contributed by atoms with Crippen LogP contribution in [0.1, 0.15) is 5.56 Å². The Morgan fingerprint density at radius 2 is 1.96 bits per heavy atom. The van der Waals surface area contributed by atoms with Crippen LogP contribution in [0.25, 0.3) is 22.1 Å². The van der Waals surface area contributed by atoms with E-state index < -0.39 is 0 Å². The van der Waals surface area contributed by atoms with Crippen molar-refractivity contribution < 1.29 is 4.42 Å². The predicted molar refractivity (Wildman–Crippen MR) is 98.8 cm³/mol. The minimum Gasteiger partial charge on any atom is -0.464 e. The highest BCUT2D eigenvalue weighted by atomic mass is 35.5. The number of aromatic amines is 1. The van der Waals surface area contributed by atoms with Crippen LogP contribution >= 0.6 is 11.6 Å². The number of halogens is 1. The molecule has 2 aromatic heterocycles. The fourth-order valence-electron chi connectivity index (χ4n) is 2.79. The first-order valence-corrected chi connectivity index (χ1v) is 8.14. The number of benzene rings is 2. The Kier molecular flexibility index (Phi) is 3.99. The fraction of sp³-hybridized carbons (Fsp3) is 0.0526. The molecule has 0 aliphatic heterocycles. The topological polar surface area (TPSA) is 70.9 Å². The second-order valence-electron chi connectivity index (χ2n) is 5.59. The van der Waals surface area contributed by atoms with Gasteiger partial charge in [-0.3, -0.25) is 4.79 Å². The van der Waals surface area contributed by atoms with Crippen molar-refractivity contribution in [2.75, 3.05) is 5.32 Å². The predicted octanol–water partition coefficient (Wildman–Crippen LogP) is 4.45. The zero-order valence-corrected chi connectivity index (χ0v) is 13.9. The fourth-order valence-corrected chi connectivity index (χ4v) is 2.99. The van der Waals surface area contributed by atoms with Crippen LogP contribution in [0.4, 0.5) is 5.69 Å². The Balaban J connectivity index is 1.64. The van der Waals surface area contributed by atoms with E-state index in [2.05, 4.69) is 15.5 Å². The molecule has 0 bridgehead atoms. The van der Waals surface area contributed by atoms with Gasteiger partial charge in [0, 0.05) is 23.2 Å². The number of nitrogens with one attached hydrogen (secondary N) is 2. The maximum atomic E-state index is 11.8. The van der Waals surface area contributed by atoms with Gasteiger partial charge < -0.3 is 9.73 Å². The minimum absolute atomic E-state index is 0.255. The van der Waals surface area contributed by atoms with E-state index in [0.717, 1.165) is 22.6 Å². The largest absolute Gasteiger partial charge is 0.464 e. The van der Waals surface area contributed by atoms with Crippen LogP contribution < -0.4 is 10.9 Å². The summed E-state index contributed by atoms with van der Waals surface area (Å²) < 4.78 is 5.51. The zero-order valence-electron chi connectivity index (χ0n) is 13.1. The van der Waals surface area contributed by atoms with Gasteiger partial charge >= 0.3 is 0 Å². The third-order valence-electron chi connectivity index (χ3n) is 4.03. The average molecular weight is 352 g/mol. The summed E-state index contributed by atoms with van der Waals surface area (Å²) in [6.45, 7) is 0.608. The summed E-state index contributed by atoms with van der Waals surface area (Å²) >= 11 is 6.09. The first-order chi connectivity index (χ1) is 12.2. The number of hydrogen-bond donors (Lipinski definition) is 2. The number of rotatable bonds is 4. The molecule has 0 atom stereocenters. The number of H-pyrrole nitrogens is 1. The zero-order chi connectivity index (χ0) is 17.2. The Labute approximate surface area is 148 Å². The highest BCUT2D eigenvalue weighted by Gasteiger charge is 2.08. The van der Waals surface area contributed by atoms with Crippen molar-refractivity contribution in [2.24, 2.45) is 0 Å².